The predicted octanol–water partition coefficient (Wildman–Crippen LogP) is 11.0. The quantitative estimate of drug-likeness (QED) is 0.219. The number of fused-ring (bicyclic) bond motifs is 5. The molecule has 0 unspecified atom stereocenters. The lowest BCUT2D eigenvalue weighted by atomic mass is 9.90. The third kappa shape index (κ3) is 3.39. The van der Waals surface area contributed by atoms with E-state index in [0.717, 1.165) is 22.7 Å². The van der Waals surface area contributed by atoms with Crippen molar-refractivity contribution in [1.29, 1.82) is 0 Å². The molecule has 0 N–H and O–H groups in total. The highest BCUT2D eigenvalue weighted by Crippen LogP contribution is 2.48. The van der Waals surface area contributed by atoms with Crippen molar-refractivity contribution >= 4 is 32.6 Å². The van der Waals surface area contributed by atoms with Crippen LogP contribution in [0.1, 0.15) is 0 Å². The van der Waals surface area contributed by atoms with Crippen LogP contribution < -0.4 is 4.74 Å². The molecule has 2 heteroatoms. The molecule has 0 aliphatic carbocycles. The van der Waals surface area contributed by atoms with Crippen molar-refractivity contribution in [3.8, 4) is 50.6 Å². The summed E-state index contributed by atoms with van der Waals surface area (Å²) in [6.45, 7) is 0. The van der Waals surface area contributed by atoms with Crippen molar-refractivity contribution in [3.63, 3.8) is 0 Å². The Labute approximate surface area is 243 Å². The van der Waals surface area contributed by atoms with E-state index in [-0.39, 0.29) is 0 Å². The van der Waals surface area contributed by atoms with Gasteiger partial charge < -0.3 is 9.30 Å². The maximum Gasteiger partial charge on any atom is 0.135 e. The van der Waals surface area contributed by atoms with E-state index in [1.165, 1.54) is 60.4 Å². The Morgan fingerprint density at radius 2 is 1.07 bits per heavy atom. The van der Waals surface area contributed by atoms with E-state index in [0.29, 0.717) is 0 Å². The second kappa shape index (κ2) is 8.95. The highest BCUT2D eigenvalue weighted by atomic mass is 16.5. The summed E-state index contributed by atoms with van der Waals surface area (Å²) < 4.78 is 8.73. The summed E-state index contributed by atoms with van der Waals surface area (Å²) in [7, 11) is 0. The molecule has 8 aromatic rings. The second-order valence-corrected chi connectivity index (χ2v) is 10.9. The standard InChI is InChI=1S/C40H25NO/c1-2-9-26(10-3-1)27-17-20-29(21-18-27)41-36-15-6-4-11-31(36)35-25-28(19-23-37(35)41)30-22-24-39-40-33(30)13-8-14-34(40)32-12-5-7-16-38(32)42-39/h1-25H. The average Bonchev–Trinajstić information content (AvgIpc) is 3.39. The molecule has 2 heterocycles. The molecule has 9 rings (SSSR count). The van der Waals surface area contributed by atoms with E-state index < -0.39 is 0 Å². The summed E-state index contributed by atoms with van der Waals surface area (Å²) in [5.74, 6) is 1.83. The van der Waals surface area contributed by atoms with Crippen LogP contribution in [-0.4, -0.2) is 4.57 Å². The first-order valence-corrected chi connectivity index (χ1v) is 14.4. The number of para-hydroxylation sites is 2. The third-order valence-corrected chi connectivity index (χ3v) is 8.62. The van der Waals surface area contributed by atoms with Gasteiger partial charge in [0.25, 0.3) is 0 Å². The molecule has 0 saturated heterocycles. The molecular weight excluding hydrogens is 510 g/mol. The number of hydrogen-bond acceptors (Lipinski definition) is 1. The lowest BCUT2D eigenvalue weighted by molar-refractivity contribution is 0.487. The molecule has 0 atom stereocenters. The largest absolute Gasteiger partial charge is 0.456 e. The van der Waals surface area contributed by atoms with Crippen LogP contribution in [0.15, 0.2) is 152 Å². The lowest BCUT2D eigenvalue weighted by Gasteiger charge is -2.22. The Morgan fingerprint density at radius 1 is 0.381 bits per heavy atom. The van der Waals surface area contributed by atoms with Gasteiger partial charge >= 0.3 is 0 Å². The number of hydrogen-bond donors (Lipinski definition) is 0. The van der Waals surface area contributed by atoms with Crippen LogP contribution in [0.2, 0.25) is 0 Å². The number of benzene rings is 7. The van der Waals surface area contributed by atoms with Gasteiger partial charge in [-0.2, -0.15) is 0 Å². The van der Waals surface area contributed by atoms with Crippen LogP contribution in [0.3, 0.4) is 0 Å². The topological polar surface area (TPSA) is 14.2 Å². The van der Waals surface area contributed by atoms with E-state index in [4.69, 9.17) is 4.74 Å². The van der Waals surface area contributed by atoms with Crippen LogP contribution in [0.4, 0.5) is 0 Å². The van der Waals surface area contributed by atoms with Crippen molar-refractivity contribution in [3.05, 3.63) is 152 Å². The molecule has 196 valence electrons. The monoisotopic (exact) mass is 535 g/mol. The molecule has 2 nitrogen and oxygen atoms in total. The molecule has 1 aliphatic heterocycles. The van der Waals surface area contributed by atoms with Crippen molar-refractivity contribution in [2.45, 2.75) is 0 Å². The molecule has 0 radical (unpaired) electrons. The van der Waals surface area contributed by atoms with Gasteiger partial charge in [-0.15, -0.1) is 0 Å². The maximum absolute atomic E-state index is 6.35. The maximum atomic E-state index is 6.35. The molecule has 0 saturated carbocycles. The van der Waals surface area contributed by atoms with Gasteiger partial charge in [0.2, 0.25) is 0 Å². The Kier molecular flexibility index (Phi) is 4.93. The van der Waals surface area contributed by atoms with Crippen molar-refractivity contribution in [1.82, 2.24) is 4.57 Å². The van der Waals surface area contributed by atoms with Crippen LogP contribution in [0.5, 0.6) is 11.5 Å². The number of rotatable bonds is 3. The number of nitrogens with zero attached hydrogens (tertiary/aromatic N) is 1. The SMILES string of the molecule is c1ccc(-c2ccc(-n3c4ccccc4c4cc(-c5ccc6c7c(cccc57)-c5ccccc5O6)ccc43)cc2)cc1. The zero-order valence-electron chi connectivity index (χ0n) is 22.8. The van der Waals surface area contributed by atoms with Crippen molar-refractivity contribution < 1.29 is 4.74 Å². The van der Waals surface area contributed by atoms with Crippen molar-refractivity contribution in [2.75, 3.05) is 0 Å². The van der Waals surface area contributed by atoms with E-state index in [1.807, 2.05) is 12.1 Å². The molecule has 1 aliphatic rings. The van der Waals surface area contributed by atoms with Gasteiger partial charge in [-0.05, 0) is 75.7 Å². The summed E-state index contributed by atoms with van der Waals surface area (Å²) in [6.07, 6.45) is 0. The summed E-state index contributed by atoms with van der Waals surface area (Å²) in [5.41, 5.74) is 10.8. The highest BCUT2D eigenvalue weighted by molar-refractivity contribution is 6.13. The zero-order chi connectivity index (χ0) is 27.6. The molecule has 0 amide bonds. The average molecular weight is 536 g/mol. The molecule has 0 spiro atoms. The Bertz CT molecular complexity index is 2310. The fraction of sp³-hybridized carbons (Fsp3) is 0. The molecule has 1 aromatic heterocycles. The van der Waals surface area contributed by atoms with Gasteiger partial charge in [-0.25, -0.2) is 0 Å². The van der Waals surface area contributed by atoms with E-state index in [9.17, 15) is 0 Å². The normalized spacial score (nSPS) is 12.0. The van der Waals surface area contributed by atoms with Gasteiger partial charge in [-0.3, -0.25) is 0 Å². The summed E-state index contributed by atoms with van der Waals surface area (Å²) in [5, 5.41) is 4.88. The fourth-order valence-corrected chi connectivity index (χ4v) is 6.68. The smallest absolute Gasteiger partial charge is 0.135 e. The minimum atomic E-state index is 0.913. The Morgan fingerprint density at radius 3 is 1.98 bits per heavy atom. The van der Waals surface area contributed by atoms with Gasteiger partial charge in [0.05, 0.1) is 11.0 Å². The first-order valence-electron chi connectivity index (χ1n) is 14.4. The molecule has 0 bridgehead atoms. The molecular formula is C40H25NO. The van der Waals surface area contributed by atoms with E-state index in [2.05, 4.69) is 144 Å². The van der Waals surface area contributed by atoms with Crippen LogP contribution in [0.25, 0.3) is 71.6 Å². The summed E-state index contributed by atoms with van der Waals surface area (Å²) in [4.78, 5) is 0. The van der Waals surface area contributed by atoms with Crippen molar-refractivity contribution in [2.24, 2.45) is 0 Å². The third-order valence-electron chi connectivity index (χ3n) is 8.62. The van der Waals surface area contributed by atoms with Crippen LogP contribution in [0, 0.1) is 0 Å². The van der Waals surface area contributed by atoms with E-state index >= 15 is 0 Å². The zero-order valence-corrected chi connectivity index (χ0v) is 22.8. The molecule has 42 heavy (non-hydrogen) atoms. The molecule has 7 aromatic carbocycles. The summed E-state index contributed by atoms with van der Waals surface area (Å²) in [6, 6.07) is 54.3. The van der Waals surface area contributed by atoms with Gasteiger partial charge in [0, 0.05) is 27.4 Å². The minimum Gasteiger partial charge on any atom is -0.456 e. The van der Waals surface area contributed by atoms with Gasteiger partial charge in [0.15, 0.2) is 0 Å². The lowest BCUT2D eigenvalue weighted by Crippen LogP contribution is -1.97. The Hall–Kier alpha value is -5.60. The predicted molar refractivity (Wildman–Crippen MR) is 175 cm³/mol. The number of aromatic nitrogens is 1. The van der Waals surface area contributed by atoms with Crippen LogP contribution >= 0.6 is 0 Å². The van der Waals surface area contributed by atoms with E-state index in [1.54, 1.807) is 0 Å². The number of ether oxygens (including phenoxy) is 1. The second-order valence-electron chi connectivity index (χ2n) is 10.9. The Balaban J connectivity index is 1.22. The summed E-state index contributed by atoms with van der Waals surface area (Å²) >= 11 is 0. The minimum absolute atomic E-state index is 0.913. The first-order chi connectivity index (χ1) is 20.8. The first kappa shape index (κ1) is 23.1. The van der Waals surface area contributed by atoms with Crippen LogP contribution in [-0.2, 0) is 0 Å². The van der Waals surface area contributed by atoms with Gasteiger partial charge in [0.1, 0.15) is 11.5 Å². The fourth-order valence-electron chi connectivity index (χ4n) is 6.68. The van der Waals surface area contributed by atoms with Gasteiger partial charge in [-0.1, -0.05) is 109 Å². The highest BCUT2D eigenvalue weighted by Gasteiger charge is 2.21. The molecule has 0 fully saturated rings.